The number of pyridine rings is 1. The Hall–Kier alpha value is -2.96. The van der Waals surface area contributed by atoms with E-state index in [2.05, 4.69) is 5.32 Å². The number of fused-ring (bicyclic) bond motifs is 1. The number of carbonyl (C=O) groups is 1. The molecule has 7 nitrogen and oxygen atoms in total. The van der Waals surface area contributed by atoms with Gasteiger partial charge in [-0.3, -0.25) is 9.63 Å². The van der Waals surface area contributed by atoms with Crippen LogP contribution in [0, 0.1) is 0 Å². The maximum Gasteiger partial charge on any atom is 0.362 e. The molecule has 0 bridgehead atoms. The largest absolute Gasteiger partial charge is 0.490 e. The molecule has 1 aliphatic heterocycles. The van der Waals surface area contributed by atoms with Crippen molar-refractivity contribution in [1.82, 2.24) is 5.32 Å². The molecule has 23 heavy (non-hydrogen) atoms. The molecule has 0 fully saturated rings. The van der Waals surface area contributed by atoms with E-state index in [0.29, 0.717) is 29.5 Å². The Kier molecular flexibility index (Phi) is 4.18. The Morgan fingerprint density at radius 1 is 1.26 bits per heavy atom. The van der Waals surface area contributed by atoms with Crippen LogP contribution < -0.4 is 29.1 Å². The second kappa shape index (κ2) is 6.43. The Bertz CT molecular complexity index is 710. The summed E-state index contributed by atoms with van der Waals surface area (Å²) >= 11 is 0. The molecule has 1 aliphatic rings. The molecule has 1 amide bonds. The van der Waals surface area contributed by atoms with Gasteiger partial charge >= 0.3 is 11.6 Å². The third-order valence-electron chi connectivity index (χ3n) is 3.44. The van der Waals surface area contributed by atoms with Crippen molar-refractivity contribution in [2.45, 2.75) is 6.54 Å². The molecule has 1 aromatic heterocycles. The smallest absolute Gasteiger partial charge is 0.362 e. The van der Waals surface area contributed by atoms with E-state index in [9.17, 15) is 4.79 Å². The predicted molar refractivity (Wildman–Crippen MR) is 79.4 cm³/mol. The number of hydrogen-bond donors (Lipinski definition) is 1. The average Bonchev–Trinajstić information content (AvgIpc) is 3.06. The highest BCUT2D eigenvalue weighted by Crippen LogP contribution is 2.32. The monoisotopic (exact) mass is 317 g/mol. The minimum absolute atomic E-state index is 0.222. The lowest BCUT2D eigenvalue weighted by Crippen LogP contribution is -2.48. The standard InChI is InChI=1S/C16H16N2O5/c1-20-13-4-3-7-18(21-2)15(13)16(19)17-9-11-5-6-12-14(8-11)23-10-22-12/h3-8H,9-10H2,1-2H3/p+1. The highest BCUT2D eigenvalue weighted by Gasteiger charge is 2.26. The zero-order valence-corrected chi connectivity index (χ0v) is 12.9. The second-order valence-corrected chi connectivity index (χ2v) is 4.80. The van der Waals surface area contributed by atoms with E-state index in [4.69, 9.17) is 19.0 Å². The Balaban J connectivity index is 1.75. The third kappa shape index (κ3) is 2.98. The van der Waals surface area contributed by atoms with Crippen molar-refractivity contribution in [3.63, 3.8) is 0 Å². The van der Waals surface area contributed by atoms with Gasteiger partial charge in [-0.05, 0) is 23.8 Å². The van der Waals surface area contributed by atoms with Gasteiger partial charge in [0.1, 0.15) is 7.11 Å². The van der Waals surface area contributed by atoms with Crippen molar-refractivity contribution in [2.75, 3.05) is 21.0 Å². The predicted octanol–water partition coefficient (Wildman–Crippen LogP) is 0.700. The minimum atomic E-state index is -0.304. The lowest BCUT2D eigenvalue weighted by molar-refractivity contribution is -0.886. The molecule has 0 unspecified atom stereocenters. The van der Waals surface area contributed by atoms with Gasteiger partial charge in [-0.25, -0.2) is 0 Å². The third-order valence-corrected chi connectivity index (χ3v) is 3.44. The Labute approximate surface area is 133 Å². The minimum Gasteiger partial charge on any atom is -0.490 e. The second-order valence-electron chi connectivity index (χ2n) is 4.80. The van der Waals surface area contributed by atoms with Crippen molar-refractivity contribution in [3.8, 4) is 17.2 Å². The molecule has 120 valence electrons. The maximum atomic E-state index is 12.5. The summed E-state index contributed by atoms with van der Waals surface area (Å²) in [5, 5.41) is 2.84. The molecule has 0 atom stereocenters. The summed E-state index contributed by atoms with van der Waals surface area (Å²) in [6.45, 7) is 0.567. The van der Waals surface area contributed by atoms with Crippen molar-refractivity contribution in [1.29, 1.82) is 0 Å². The van der Waals surface area contributed by atoms with Gasteiger partial charge in [0.15, 0.2) is 11.5 Å². The quantitative estimate of drug-likeness (QED) is 0.822. The van der Waals surface area contributed by atoms with Crippen LogP contribution in [0.3, 0.4) is 0 Å². The summed E-state index contributed by atoms with van der Waals surface area (Å²) in [5.41, 5.74) is 1.19. The maximum absolute atomic E-state index is 12.5. The number of aromatic nitrogens is 1. The molecule has 2 heterocycles. The van der Waals surface area contributed by atoms with Gasteiger partial charge in [0, 0.05) is 17.3 Å². The summed E-state index contributed by atoms with van der Waals surface area (Å²) in [4.78, 5) is 17.6. The fraction of sp³-hybridized carbons (Fsp3) is 0.250. The van der Waals surface area contributed by atoms with E-state index in [0.717, 1.165) is 5.56 Å². The zero-order valence-electron chi connectivity index (χ0n) is 12.9. The summed E-state index contributed by atoms with van der Waals surface area (Å²) in [5.74, 6) is 1.52. The summed E-state index contributed by atoms with van der Waals surface area (Å²) in [6, 6.07) is 8.97. The SMILES string of the molecule is COc1ccc[n+](OC)c1C(=O)NCc1ccc2c(c1)OCO2. The van der Waals surface area contributed by atoms with Crippen molar-refractivity contribution < 1.29 is 28.6 Å². The van der Waals surface area contributed by atoms with Crippen LogP contribution in [0.2, 0.25) is 0 Å². The van der Waals surface area contributed by atoms with Crippen molar-refractivity contribution in [2.24, 2.45) is 0 Å². The summed E-state index contributed by atoms with van der Waals surface area (Å²) in [6.07, 6.45) is 1.64. The molecule has 3 rings (SSSR count). The van der Waals surface area contributed by atoms with E-state index in [1.807, 2.05) is 18.2 Å². The molecule has 0 saturated carbocycles. The van der Waals surface area contributed by atoms with Gasteiger partial charge in [0.05, 0.1) is 7.11 Å². The number of ether oxygens (including phenoxy) is 3. The molecule has 0 radical (unpaired) electrons. The first-order chi connectivity index (χ1) is 11.2. The Morgan fingerprint density at radius 3 is 2.87 bits per heavy atom. The number of nitrogens with one attached hydrogen (secondary N) is 1. The van der Waals surface area contributed by atoms with Crippen LogP contribution in [0.25, 0.3) is 0 Å². The highest BCUT2D eigenvalue weighted by molar-refractivity contribution is 5.93. The van der Waals surface area contributed by atoms with Gasteiger partial charge in [0.25, 0.3) is 0 Å². The molecule has 1 aromatic carbocycles. The average molecular weight is 317 g/mol. The highest BCUT2D eigenvalue weighted by atomic mass is 16.7. The van der Waals surface area contributed by atoms with E-state index >= 15 is 0 Å². The lowest BCUT2D eigenvalue weighted by Gasteiger charge is -2.07. The summed E-state index contributed by atoms with van der Waals surface area (Å²) in [7, 11) is 2.98. The van der Waals surface area contributed by atoms with E-state index in [-0.39, 0.29) is 12.7 Å². The van der Waals surface area contributed by atoms with E-state index in [1.165, 1.54) is 19.0 Å². The number of hydrogen-bond acceptors (Lipinski definition) is 5. The van der Waals surface area contributed by atoms with E-state index < -0.39 is 0 Å². The molecule has 7 heteroatoms. The number of rotatable bonds is 5. The zero-order chi connectivity index (χ0) is 16.2. The molecular formula is C16H17N2O5+. The van der Waals surface area contributed by atoms with Gasteiger partial charge in [-0.2, -0.15) is 0 Å². The van der Waals surface area contributed by atoms with Gasteiger partial charge in [-0.15, -0.1) is 0 Å². The van der Waals surface area contributed by atoms with Gasteiger partial charge in [-0.1, -0.05) is 6.07 Å². The van der Waals surface area contributed by atoms with Crippen LogP contribution in [0.4, 0.5) is 0 Å². The number of amides is 1. The number of nitrogens with zero attached hydrogens (tertiary/aromatic N) is 1. The fourth-order valence-electron chi connectivity index (χ4n) is 2.32. The number of benzene rings is 1. The lowest BCUT2D eigenvalue weighted by atomic mass is 10.2. The molecule has 0 aliphatic carbocycles. The molecule has 1 N–H and O–H groups in total. The van der Waals surface area contributed by atoms with Gasteiger partial charge < -0.3 is 19.5 Å². The van der Waals surface area contributed by atoms with Crippen molar-refractivity contribution >= 4 is 5.91 Å². The molecule has 0 spiro atoms. The first-order valence-corrected chi connectivity index (χ1v) is 7.03. The molecule has 0 saturated heterocycles. The van der Waals surface area contributed by atoms with Crippen molar-refractivity contribution in [3.05, 3.63) is 47.8 Å². The van der Waals surface area contributed by atoms with Crippen LogP contribution in [-0.2, 0) is 6.54 Å². The molecular weight excluding hydrogens is 300 g/mol. The van der Waals surface area contributed by atoms with Gasteiger partial charge in [0.2, 0.25) is 18.7 Å². The van der Waals surface area contributed by atoms with Crippen LogP contribution in [0.1, 0.15) is 16.1 Å². The Morgan fingerprint density at radius 2 is 2.09 bits per heavy atom. The first-order valence-electron chi connectivity index (χ1n) is 7.03. The number of methoxy groups -OCH3 is 1. The van der Waals surface area contributed by atoms with E-state index in [1.54, 1.807) is 18.3 Å². The summed E-state index contributed by atoms with van der Waals surface area (Å²) < 4.78 is 17.2. The van der Waals surface area contributed by atoms with Crippen LogP contribution in [0.5, 0.6) is 17.2 Å². The van der Waals surface area contributed by atoms with Crippen LogP contribution in [-0.4, -0.2) is 26.9 Å². The van der Waals surface area contributed by atoms with Crippen LogP contribution in [0.15, 0.2) is 36.5 Å². The first kappa shape index (κ1) is 15.0. The molecule has 2 aromatic rings. The normalized spacial score (nSPS) is 11.9. The topological polar surface area (TPSA) is 69.9 Å². The fourth-order valence-corrected chi connectivity index (χ4v) is 2.32. The van der Waals surface area contributed by atoms with Crippen LogP contribution >= 0.6 is 0 Å². The number of carbonyl (C=O) groups excluding carboxylic acids is 1.